The summed E-state index contributed by atoms with van der Waals surface area (Å²) in [6.07, 6.45) is 0. The second kappa shape index (κ2) is 10.4. The van der Waals surface area contributed by atoms with Crippen LogP contribution in [0.15, 0.2) is 76.3 Å². The molecule has 0 saturated heterocycles. The number of hydrogen-bond acceptors (Lipinski definition) is 9. The van der Waals surface area contributed by atoms with Crippen molar-refractivity contribution in [3.05, 3.63) is 109 Å². The van der Waals surface area contributed by atoms with Gasteiger partial charge in [0.15, 0.2) is 5.82 Å². The summed E-state index contributed by atoms with van der Waals surface area (Å²) >= 11 is 1.26. The Bertz CT molecular complexity index is 1730. The minimum atomic E-state index is -0.650. The summed E-state index contributed by atoms with van der Waals surface area (Å²) in [5.74, 6) is 0.309. The van der Waals surface area contributed by atoms with Crippen molar-refractivity contribution < 1.29 is 9.66 Å². The number of aromatic nitrogens is 4. The fraction of sp³-hybridized carbons (Fsp3) is 0.154. The van der Waals surface area contributed by atoms with Crippen LogP contribution < -0.4 is 16.0 Å². The van der Waals surface area contributed by atoms with Crippen LogP contribution in [0.5, 0.6) is 5.88 Å². The lowest BCUT2D eigenvalue weighted by atomic mass is 10.1. The van der Waals surface area contributed by atoms with Gasteiger partial charge in [0.2, 0.25) is 5.88 Å². The van der Waals surface area contributed by atoms with Crippen molar-refractivity contribution in [3.8, 4) is 22.1 Å². The van der Waals surface area contributed by atoms with Crippen molar-refractivity contribution in [3.63, 3.8) is 0 Å². The molecule has 0 aliphatic rings. The number of nitro groups is 1. The molecule has 0 atom stereocenters. The van der Waals surface area contributed by atoms with Gasteiger partial charge in [0.25, 0.3) is 11.2 Å². The molecule has 0 radical (unpaired) electrons. The van der Waals surface area contributed by atoms with E-state index in [4.69, 9.17) is 4.74 Å². The van der Waals surface area contributed by atoms with Gasteiger partial charge >= 0.3 is 5.69 Å². The predicted octanol–water partition coefficient (Wildman–Crippen LogP) is 3.75. The molecule has 5 rings (SSSR count). The zero-order chi connectivity index (χ0) is 26.8. The largest absolute Gasteiger partial charge is 0.480 e. The lowest BCUT2D eigenvalue weighted by molar-refractivity contribution is -0.384. The van der Waals surface area contributed by atoms with Crippen LogP contribution in [0.4, 0.5) is 5.69 Å². The maximum absolute atomic E-state index is 13.8. The third-order valence-electron chi connectivity index (χ3n) is 5.98. The molecule has 3 aromatic heterocycles. The first-order valence-corrected chi connectivity index (χ1v) is 12.3. The molecule has 3 heterocycles. The standard InChI is InChI=1S/C26H22N6O5S/c1-30(14-16-6-4-3-5-7-16)15-19-22-24(38-23(19)17-8-10-18(11-9-17)32(35)36)27-26(34)31(25(22)33)20-12-13-21(37-2)29-28-20/h3-13H,14-15H2,1-2H3,(H,27,34). The fourth-order valence-electron chi connectivity index (χ4n) is 4.23. The first-order chi connectivity index (χ1) is 18.4. The number of hydrogen-bond donors (Lipinski definition) is 1. The Balaban J connectivity index is 1.67. The average molecular weight is 531 g/mol. The van der Waals surface area contributed by atoms with Crippen molar-refractivity contribution >= 4 is 27.2 Å². The van der Waals surface area contributed by atoms with E-state index in [1.54, 1.807) is 12.1 Å². The lowest BCUT2D eigenvalue weighted by Gasteiger charge is -2.18. The van der Waals surface area contributed by atoms with E-state index in [0.29, 0.717) is 34.4 Å². The summed E-state index contributed by atoms with van der Waals surface area (Å²) in [5, 5.41) is 19.4. The van der Waals surface area contributed by atoms with E-state index >= 15 is 0 Å². The highest BCUT2D eigenvalue weighted by atomic mass is 32.1. The number of nitrogens with zero attached hydrogens (tertiary/aromatic N) is 5. The summed E-state index contributed by atoms with van der Waals surface area (Å²) in [4.78, 5) is 43.5. The van der Waals surface area contributed by atoms with Gasteiger partial charge in [-0.05, 0) is 41.9 Å². The van der Waals surface area contributed by atoms with Crippen LogP contribution in [-0.4, -0.2) is 43.7 Å². The number of nitrogens with one attached hydrogen (secondary N) is 1. The molecule has 38 heavy (non-hydrogen) atoms. The minimum Gasteiger partial charge on any atom is -0.480 e. The second-order valence-corrected chi connectivity index (χ2v) is 9.60. The van der Waals surface area contributed by atoms with Gasteiger partial charge in [-0.1, -0.05) is 30.3 Å². The molecule has 0 saturated carbocycles. The fourth-order valence-corrected chi connectivity index (χ4v) is 5.42. The van der Waals surface area contributed by atoms with E-state index in [0.717, 1.165) is 15.0 Å². The highest BCUT2D eigenvalue weighted by molar-refractivity contribution is 7.22. The Kier molecular flexibility index (Phi) is 6.81. The lowest BCUT2D eigenvalue weighted by Crippen LogP contribution is -2.34. The normalized spacial score (nSPS) is 11.2. The van der Waals surface area contributed by atoms with Crippen LogP contribution in [0.3, 0.4) is 0 Å². The van der Waals surface area contributed by atoms with Gasteiger partial charge in [-0.3, -0.25) is 24.8 Å². The van der Waals surface area contributed by atoms with Gasteiger partial charge in [0.05, 0.1) is 17.4 Å². The van der Waals surface area contributed by atoms with Gasteiger partial charge in [0.1, 0.15) is 4.83 Å². The number of non-ortho nitro benzene ring substituents is 1. The number of fused-ring (bicyclic) bond motifs is 1. The van der Waals surface area contributed by atoms with Crippen LogP contribution in [0.25, 0.3) is 26.5 Å². The maximum atomic E-state index is 13.8. The number of aromatic amines is 1. The van der Waals surface area contributed by atoms with E-state index < -0.39 is 16.2 Å². The number of methoxy groups -OCH3 is 1. The molecule has 1 N–H and O–H groups in total. The zero-order valence-electron chi connectivity index (χ0n) is 20.5. The third-order valence-corrected chi connectivity index (χ3v) is 7.17. The molecule has 0 fully saturated rings. The van der Waals surface area contributed by atoms with E-state index in [2.05, 4.69) is 20.1 Å². The highest BCUT2D eigenvalue weighted by Gasteiger charge is 2.22. The Labute approximate surface area is 219 Å². The van der Waals surface area contributed by atoms with Gasteiger partial charge in [-0.25, -0.2) is 9.36 Å². The van der Waals surface area contributed by atoms with Crippen LogP contribution in [0.1, 0.15) is 11.1 Å². The third kappa shape index (κ3) is 4.82. The first kappa shape index (κ1) is 25.0. The molecule has 11 nitrogen and oxygen atoms in total. The molecule has 0 amide bonds. The van der Waals surface area contributed by atoms with Crippen LogP contribution in [-0.2, 0) is 13.1 Å². The van der Waals surface area contributed by atoms with Gasteiger partial charge in [-0.15, -0.1) is 21.5 Å². The highest BCUT2D eigenvalue weighted by Crippen LogP contribution is 2.37. The molecule has 0 bridgehead atoms. The molecule has 5 aromatic rings. The van der Waals surface area contributed by atoms with Crippen molar-refractivity contribution in [1.29, 1.82) is 0 Å². The summed E-state index contributed by atoms with van der Waals surface area (Å²) in [5.41, 5.74) is 1.29. The van der Waals surface area contributed by atoms with Crippen molar-refractivity contribution in [1.82, 2.24) is 24.6 Å². The Morgan fingerprint density at radius 3 is 2.39 bits per heavy atom. The zero-order valence-corrected chi connectivity index (χ0v) is 21.3. The number of nitro benzene ring substituents is 1. The molecule has 0 aliphatic heterocycles. The van der Waals surface area contributed by atoms with Crippen molar-refractivity contribution in [2.75, 3.05) is 14.2 Å². The van der Waals surface area contributed by atoms with E-state index in [9.17, 15) is 19.7 Å². The molecule has 0 unspecified atom stereocenters. The Morgan fingerprint density at radius 2 is 1.76 bits per heavy atom. The molecule has 2 aromatic carbocycles. The average Bonchev–Trinajstić information content (AvgIpc) is 3.27. The monoisotopic (exact) mass is 530 g/mol. The molecule has 0 spiro atoms. The van der Waals surface area contributed by atoms with Crippen molar-refractivity contribution in [2.45, 2.75) is 13.1 Å². The smallest absolute Gasteiger partial charge is 0.335 e. The van der Waals surface area contributed by atoms with Gasteiger partial charge in [0, 0.05) is 36.2 Å². The van der Waals surface area contributed by atoms with Crippen LogP contribution in [0.2, 0.25) is 0 Å². The topological polar surface area (TPSA) is 136 Å². The molecular weight excluding hydrogens is 508 g/mol. The van der Waals surface area contributed by atoms with E-state index in [1.807, 2.05) is 37.4 Å². The minimum absolute atomic E-state index is 0.0357. The van der Waals surface area contributed by atoms with E-state index in [1.165, 1.54) is 42.7 Å². The van der Waals surface area contributed by atoms with E-state index in [-0.39, 0.29) is 17.4 Å². The molecular formula is C26H22N6O5S. The number of H-pyrrole nitrogens is 1. The summed E-state index contributed by atoms with van der Waals surface area (Å²) < 4.78 is 5.98. The Morgan fingerprint density at radius 1 is 1.03 bits per heavy atom. The summed E-state index contributed by atoms with van der Waals surface area (Å²) in [7, 11) is 3.38. The van der Waals surface area contributed by atoms with Crippen LogP contribution >= 0.6 is 11.3 Å². The number of ether oxygens (including phenoxy) is 1. The molecule has 0 aliphatic carbocycles. The Hall–Kier alpha value is -4.68. The number of rotatable bonds is 8. The summed E-state index contributed by atoms with van der Waals surface area (Å²) in [6, 6.07) is 19.1. The van der Waals surface area contributed by atoms with Crippen LogP contribution in [0, 0.1) is 10.1 Å². The second-order valence-electron chi connectivity index (χ2n) is 8.58. The number of benzene rings is 2. The molecule has 12 heteroatoms. The summed E-state index contributed by atoms with van der Waals surface area (Å²) in [6.45, 7) is 1.01. The maximum Gasteiger partial charge on any atom is 0.335 e. The van der Waals surface area contributed by atoms with Crippen molar-refractivity contribution in [2.24, 2.45) is 0 Å². The SMILES string of the molecule is COc1ccc(-n2c(=O)[nH]c3sc(-c4ccc([N+](=O)[O-])cc4)c(CN(C)Cc4ccccc4)c3c2=O)nn1. The first-order valence-electron chi connectivity index (χ1n) is 11.5. The number of thiophene rings is 1. The molecule has 192 valence electrons. The predicted molar refractivity (Wildman–Crippen MR) is 144 cm³/mol. The van der Waals surface area contributed by atoms with Gasteiger partial charge in [-0.2, -0.15) is 0 Å². The quantitative estimate of drug-likeness (QED) is 0.237. The van der Waals surface area contributed by atoms with Gasteiger partial charge < -0.3 is 4.74 Å².